The van der Waals surface area contributed by atoms with Crippen molar-refractivity contribution in [2.45, 2.75) is 18.2 Å². The quantitative estimate of drug-likeness (QED) is 0.726. The molecular weight excluding hydrogens is 426 g/mol. The minimum Gasteiger partial charge on any atom is -0.480 e. The van der Waals surface area contributed by atoms with Gasteiger partial charge >= 0.3 is 5.97 Å². The van der Waals surface area contributed by atoms with Crippen molar-refractivity contribution in [1.82, 2.24) is 10.2 Å². The van der Waals surface area contributed by atoms with E-state index in [4.69, 9.17) is 9.47 Å². The van der Waals surface area contributed by atoms with Gasteiger partial charge in [0.1, 0.15) is 17.7 Å². The molecule has 0 radical (unpaired) electrons. The van der Waals surface area contributed by atoms with Gasteiger partial charge in [-0.15, -0.1) is 0 Å². The van der Waals surface area contributed by atoms with Crippen LogP contribution in [0.25, 0.3) is 11.1 Å². The number of likely N-dealkylation sites (tertiary alicyclic amines) is 1. The number of rotatable bonds is 5. The van der Waals surface area contributed by atoms with E-state index >= 15 is 0 Å². The summed E-state index contributed by atoms with van der Waals surface area (Å²) < 4.78 is 38.3. The number of halogens is 2. The maximum Gasteiger partial charge on any atom is 0.326 e. The van der Waals surface area contributed by atoms with Crippen molar-refractivity contribution in [2.75, 3.05) is 26.3 Å². The number of hydrogen-bond donors (Lipinski definition) is 2. The lowest BCUT2D eigenvalue weighted by atomic mass is 10.0. The molecule has 2 amide bonds. The second-order valence-electron chi connectivity index (χ2n) is 7.57. The van der Waals surface area contributed by atoms with Gasteiger partial charge in [0.2, 0.25) is 5.91 Å². The Morgan fingerprint density at radius 1 is 1.09 bits per heavy atom. The van der Waals surface area contributed by atoms with Crippen LogP contribution in [0.1, 0.15) is 16.8 Å². The Morgan fingerprint density at radius 3 is 2.44 bits per heavy atom. The summed E-state index contributed by atoms with van der Waals surface area (Å²) in [5.41, 5.74) is 0.650. The van der Waals surface area contributed by atoms with Gasteiger partial charge in [-0.1, -0.05) is 12.1 Å². The maximum absolute atomic E-state index is 13.9. The van der Waals surface area contributed by atoms with Gasteiger partial charge in [-0.05, 0) is 35.9 Å². The molecule has 2 aliphatic heterocycles. The number of aliphatic carboxylic acids is 1. The number of benzene rings is 2. The molecule has 2 saturated heterocycles. The van der Waals surface area contributed by atoms with E-state index in [2.05, 4.69) is 5.32 Å². The fraction of sp³-hybridized carbons (Fsp3) is 0.318. The molecule has 2 heterocycles. The summed E-state index contributed by atoms with van der Waals surface area (Å²) in [5.74, 6) is -4.64. The average Bonchev–Trinajstić information content (AvgIpc) is 3.41. The Hall–Kier alpha value is -3.37. The van der Waals surface area contributed by atoms with E-state index in [1.165, 1.54) is 24.3 Å². The Labute approximate surface area is 181 Å². The topological polar surface area (TPSA) is 105 Å². The predicted molar refractivity (Wildman–Crippen MR) is 107 cm³/mol. The first kappa shape index (κ1) is 21.8. The van der Waals surface area contributed by atoms with Crippen molar-refractivity contribution in [1.29, 1.82) is 0 Å². The first-order chi connectivity index (χ1) is 15.3. The standard InChI is InChI=1S/C22H20F2N2O6/c23-15-5-6-17(24)16(9-15)13-1-3-14(4-2-13)20(28)25-11-19(27)26-12-22(31-7-8-32-22)10-18(26)21(29)30/h1-6,9,18H,7-8,10-12H2,(H,25,28)(H,29,30). The van der Waals surface area contributed by atoms with Crippen molar-refractivity contribution in [3.05, 3.63) is 59.7 Å². The van der Waals surface area contributed by atoms with Crippen LogP contribution in [0.2, 0.25) is 0 Å². The molecule has 2 aliphatic rings. The Kier molecular flexibility index (Phi) is 5.90. The third-order valence-electron chi connectivity index (χ3n) is 5.50. The fourth-order valence-corrected chi connectivity index (χ4v) is 3.91. The minimum atomic E-state index is -1.18. The molecular formula is C22H20F2N2O6. The van der Waals surface area contributed by atoms with Crippen LogP contribution in [0.4, 0.5) is 8.78 Å². The number of nitrogens with zero attached hydrogens (tertiary/aromatic N) is 1. The lowest BCUT2D eigenvalue weighted by molar-refractivity contribution is -0.152. The number of carbonyl (C=O) groups excluding carboxylic acids is 2. The van der Waals surface area contributed by atoms with E-state index < -0.39 is 47.8 Å². The molecule has 0 aliphatic carbocycles. The van der Waals surface area contributed by atoms with Gasteiger partial charge in [0.15, 0.2) is 5.79 Å². The number of ether oxygens (including phenoxy) is 2. The van der Waals surface area contributed by atoms with E-state index in [0.29, 0.717) is 18.8 Å². The molecule has 10 heteroatoms. The number of amides is 2. The van der Waals surface area contributed by atoms with E-state index in [1.54, 1.807) is 0 Å². The second-order valence-corrected chi connectivity index (χ2v) is 7.57. The highest BCUT2D eigenvalue weighted by Gasteiger charge is 2.52. The van der Waals surface area contributed by atoms with Gasteiger partial charge in [0.05, 0.1) is 26.3 Å². The zero-order valence-corrected chi connectivity index (χ0v) is 16.8. The number of hydrogen-bond acceptors (Lipinski definition) is 5. The van der Waals surface area contributed by atoms with E-state index in [9.17, 15) is 28.3 Å². The van der Waals surface area contributed by atoms with Gasteiger partial charge in [-0.2, -0.15) is 0 Å². The van der Waals surface area contributed by atoms with Crippen LogP contribution >= 0.6 is 0 Å². The predicted octanol–water partition coefficient (Wildman–Crippen LogP) is 1.79. The molecule has 8 nitrogen and oxygen atoms in total. The average molecular weight is 446 g/mol. The van der Waals surface area contributed by atoms with Crippen molar-refractivity contribution in [2.24, 2.45) is 0 Å². The SMILES string of the molecule is O=C(NCC(=O)N1CC2(CC1C(=O)O)OCCO2)c1ccc(-c2cc(F)ccc2F)cc1. The lowest BCUT2D eigenvalue weighted by Gasteiger charge is -2.23. The Balaban J connectivity index is 1.39. The van der Waals surface area contributed by atoms with E-state index in [0.717, 1.165) is 23.1 Å². The number of carboxylic acids is 1. The number of carboxylic acid groups (broad SMARTS) is 1. The molecule has 32 heavy (non-hydrogen) atoms. The van der Waals surface area contributed by atoms with Gasteiger partial charge in [-0.25, -0.2) is 13.6 Å². The van der Waals surface area contributed by atoms with Crippen LogP contribution in [0.5, 0.6) is 0 Å². The molecule has 0 saturated carbocycles. The summed E-state index contributed by atoms with van der Waals surface area (Å²) in [7, 11) is 0. The zero-order chi connectivity index (χ0) is 22.9. The molecule has 2 aromatic carbocycles. The van der Waals surface area contributed by atoms with Crippen LogP contribution in [-0.4, -0.2) is 65.9 Å². The molecule has 2 N–H and O–H groups in total. The van der Waals surface area contributed by atoms with E-state index in [1.807, 2.05) is 0 Å². The molecule has 4 rings (SSSR count). The lowest BCUT2D eigenvalue weighted by Crippen LogP contribution is -2.46. The fourth-order valence-electron chi connectivity index (χ4n) is 3.91. The summed E-state index contributed by atoms with van der Waals surface area (Å²) >= 11 is 0. The monoisotopic (exact) mass is 446 g/mol. The van der Waals surface area contributed by atoms with Gasteiger partial charge in [0, 0.05) is 17.5 Å². The smallest absolute Gasteiger partial charge is 0.326 e. The molecule has 0 aromatic heterocycles. The van der Waals surface area contributed by atoms with Crippen LogP contribution in [0.3, 0.4) is 0 Å². The highest BCUT2D eigenvalue weighted by molar-refractivity contribution is 5.97. The zero-order valence-electron chi connectivity index (χ0n) is 16.8. The highest BCUT2D eigenvalue weighted by Crippen LogP contribution is 2.34. The molecule has 1 spiro atoms. The van der Waals surface area contributed by atoms with Crippen LogP contribution in [-0.2, 0) is 19.1 Å². The maximum atomic E-state index is 13.9. The van der Waals surface area contributed by atoms with Crippen LogP contribution < -0.4 is 5.32 Å². The molecule has 0 bridgehead atoms. The summed E-state index contributed by atoms with van der Waals surface area (Å²) in [6.45, 7) is 0.187. The largest absolute Gasteiger partial charge is 0.480 e. The van der Waals surface area contributed by atoms with Crippen molar-refractivity contribution < 1.29 is 37.7 Å². The van der Waals surface area contributed by atoms with Gasteiger partial charge in [0.25, 0.3) is 5.91 Å². The first-order valence-electron chi connectivity index (χ1n) is 9.92. The Bertz CT molecular complexity index is 1050. The number of carbonyl (C=O) groups is 3. The van der Waals surface area contributed by atoms with Crippen LogP contribution in [0, 0.1) is 11.6 Å². The molecule has 168 valence electrons. The number of nitrogens with one attached hydrogen (secondary N) is 1. The summed E-state index contributed by atoms with van der Waals surface area (Å²) in [6.07, 6.45) is 0.0140. The van der Waals surface area contributed by atoms with E-state index in [-0.39, 0.29) is 24.1 Å². The van der Waals surface area contributed by atoms with Gasteiger partial charge in [-0.3, -0.25) is 9.59 Å². The van der Waals surface area contributed by atoms with Crippen molar-refractivity contribution in [3.8, 4) is 11.1 Å². The van der Waals surface area contributed by atoms with Crippen LogP contribution in [0.15, 0.2) is 42.5 Å². The first-order valence-corrected chi connectivity index (χ1v) is 9.92. The molecule has 1 atom stereocenters. The van der Waals surface area contributed by atoms with Crippen molar-refractivity contribution in [3.63, 3.8) is 0 Å². The van der Waals surface area contributed by atoms with Crippen molar-refractivity contribution >= 4 is 17.8 Å². The minimum absolute atomic E-state index is 0.0140. The summed E-state index contributed by atoms with van der Waals surface area (Å²) in [5, 5.41) is 11.9. The highest BCUT2D eigenvalue weighted by atomic mass is 19.1. The molecule has 2 aromatic rings. The molecule has 2 fully saturated rings. The third-order valence-corrected chi connectivity index (χ3v) is 5.50. The summed E-state index contributed by atoms with van der Waals surface area (Å²) in [6, 6.07) is 7.75. The Morgan fingerprint density at radius 2 is 1.78 bits per heavy atom. The second kappa shape index (κ2) is 8.64. The normalized spacial score (nSPS) is 19.3. The third kappa shape index (κ3) is 4.32. The molecule has 1 unspecified atom stereocenters. The van der Waals surface area contributed by atoms with Gasteiger partial charge < -0.3 is 24.8 Å². The summed E-state index contributed by atoms with van der Waals surface area (Å²) in [4.78, 5) is 37.7.